The third kappa shape index (κ3) is 7.49. The molecule has 222 valence electrons. The fraction of sp³-hybridized carbons (Fsp3) is 0.433. The number of hydrogen-bond acceptors (Lipinski definition) is 8. The first kappa shape index (κ1) is 32.2. The van der Waals surface area contributed by atoms with Crippen molar-refractivity contribution >= 4 is 37.5 Å². The summed E-state index contributed by atoms with van der Waals surface area (Å²) in [7, 11) is 3.26. The molecule has 0 radical (unpaired) electrons. The predicted octanol–water partition coefficient (Wildman–Crippen LogP) is 6.59. The third-order valence-electron chi connectivity index (χ3n) is 7.32. The van der Waals surface area contributed by atoms with E-state index in [0.29, 0.717) is 22.9 Å². The Balaban J connectivity index is 2.09. The highest BCUT2D eigenvalue weighted by molar-refractivity contribution is 6.74. The van der Waals surface area contributed by atoms with Crippen LogP contribution in [0.2, 0.25) is 23.2 Å². The first-order valence-corrected chi connectivity index (χ1v) is 16.7. The second-order valence-electron chi connectivity index (χ2n) is 11.8. The molecule has 0 unspecified atom stereocenters. The molecule has 1 aromatic heterocycles. The van der Waals surface area contributed by atoms with E-state index in [9.17, 15) is 4.79 Å². The predicted molar refractivity (Wildman–Crippen MR) is 169 cm³/mol. The molecule has 0 aliphatic carbocycles. The van der Waals surface area contributed by atoms with Gasteiger partial charge in [0.25, 0.3) is 5.91 Å². The number of hydrogen-bond donors (Lipinski definition) is 2. The molecule has 1 amide bonds. The van der Waals surface area contributed by atoms with Crippen molar-refractivity contribution < 1.29 is 18.7 Å². The van der Waals surface area contributed by atoms with Gasteiger partial charge >= 0.3 is 0 Å². The van der Waals surface area contributed by atoms with E-state index in [0.717, 1.165) is 29.1 Å². The number of methoxy groups -OCH3 is 1. The summed E-state index contributed by atoms with van der Waals surface area (Å²) in [6.45, 7) is 16.1. The Bertz CT molecular complexity index is 1420. The van der Waals surface area contributed by atoms with Gasteiger partial charge in [-0.1, -0.05) is 32.4 Å². The molecule has 41 heavy (non-hydrogen) atoms. The molecular formula is C30H42ClN5O4Si. The third-order valence-corrected chi connectivity index (χ3v) is 12.0. The van der Waals surface area contributed by atoms with Gasteiger partial charge in [-0.2, -0.15) is 4.98 Å². The Morgan fingerprint density at radius 2 is 1.76 bits per heavy atom. The van der Waals surface area contributed by atoms with Crippen molar-refractivity contribution in [3.8, 4) is 28.6 Å². The summed E-state index contributed by atoms with van der Waals surface area (Å²) < 4.78 is 18.0. The van der Waals surface area contributed by atoms with Crippen molar-refractivity contribution in [1.82, 2.24) is 14.9 Å². The van der Waals surface area contributed by atoms with Crippen molar-refractivity contribution in [2.24, 2.45) is 5.73 Å². The van der Waals surface area contributed by atoms with Crippen LogP contribution in [0.5, 0.6) is 17.4 Å². The highest BCUT2D eigenvalue weighted by Gasteiger charge is 2.39. The van der Waals surface area contributed by atoms with Gasteiger partial charge in [-0.05, 0) is 82.0 Å². The lowest BCUT2D eigenvalue weighted by Crippen LogP contribution is -2.44. The Kier molecular flexibility index (Phi) is 9.94. The first-order chi connectivity index (χ1) is 19.1. The van der Waals surface area contributed by atoms with E-state index < -0.39 is 14.2 Å². The van der Waals surface area contributed by atoms with Crippen LogP contribution in [0, 0.1) is 13.8 Å². The zero-order valence-corrected chi connectivity index (χ0v) is 27.5. The molecule has 11 heteroatoms. The molecule has 3 N–H and O–H groups in total. The minimum absolute atomic E-state index is 0.0160. The summed E-state index contributed by atoms with van der Waals surface area (Å²) in [6, 6.07) is 9.31. The van der Waals surface area contributed by atoms with Gasteiger partial charge in [0.15, 0.2) is 0 Å². The van der Waals surface area contributed by atoms with Gasteiger partial charge < -0.3 is 29.9 Å². The molecule has 0 atom stereocenters. The van der Waals surface area contributed by atoms with Crippen LogP contribution in [0.25, 0.3) is 11.3 Å². The zero-order chi connectivity index (χ0) is 30.7. The maximum Gasteiger partial charge on any atom is 0.256 e. The smallest absolute Gasteiger partial charge is 0.256 e. The normalized spacial score (nSPS) is 11.9. The second kappa shape index (κ2) is 12.7. The number of carbonyl (C=O) groups is 1. The number of primary amides is 1. The van der Waals surface area contributed by atoms with Crippen molar-refractivity contribution in [3.63, 3.8) is 0 Å². The SMILES string of the molecule is COc1nc(Nc2ccc(OCCN(C)C)c(C)c2)nc(-c2c(Cl)ccc(O[Si](C)(C)C(C)(C)C)c2C)c1C(N)=O. The molecule has 1 heterocycles. The van der Waals surface area contributed by atoms with E-state index in [1.807, 2.05) is 52.2 Å². The molecule has 3 rings (SSSR count). The van der Waals surface area contributed by atoms with Crippen molar-refractivity contribution in [3.05, 3.63) is 52.0 Å². The zero-order valence-electron chi connectivity index (χ0n) is 25.7. The van der Waals surface area contributed by atoms with Gasteiger partial charge in [0.05, 0.1) is 17.8 Å². The summed E-state index contributed by atoms with van der Waals surface area (Å²) in [4.78, 5) is 23.9. The Labute approximate surface area is 249 Å². The van der Waals surface area contributed by atoms with Crippen LogP contribution >= 0.6 is 11.6 Å². The molecule has 0 fully saturated rings. The van der Waals surface area contributed by atoms with Gasteiger partial charge in [-0.25, -0.2) is 4.98 Å². The molecule has 0 saturated carbocycles. The lowest BCUT2D eigenvalue weighted by Gasteiger charge is -2.37. The number of nitrogens with zero attached hydrogens (tertiary/aromatic N) is 3. The fourth-order valence-electron chi connectivity index (χ4n) is 3.89. The van der Waals surface area contributed by atoms with E-state index in [1.165, 1.54) is 7.11 Å². The van der Waals surface area contributed by atoms with E-state index in [1.54, 1.807) is 6.07 Å². The van der Waals surface area contributed by atoms with Crippen LogP contribution in [0.3, 0.4) is 0 Å². The second-order valence-corrected chi connectivity index (χ2v) is 16.9. The topological polar surface area (TPSA) is 112 Å². The molecule has 0 bridgehead atoms. The number of likely N-dealkylation sites (N-methyl/N-ethyl adjacent to an activating group) is 1. The maximum absolute atomic E-state index is 12.7. The molecule has 3 aromatic rings. The molecule has 0 aliphatic rings. The van der Waals surface area contributed by atoms with E-state index in [2.05, 4.69) is 49.1 Å². The largest absolute Gasteiger partial charge is 0.543 e. The number of rotatable bonds is 11. The monoisotopic (exact) mass is 599 g/mol. The summed E-state index contributed by atoms with van der Waals surface area (Å²) in [6.07, 6.45) is 0. The van der Waals surface area contributed by atoms with E-state index in [-0.39, 0.29) is 28.1 Å². The molecule has 2 aromatic carbocycles. The van der Waals surface area contributed by atoms with Gasteiger partial charge in [-0.3, -0.25) is 4.79 Å². The van der Waals surface area contributed by atoms with Crippen LogP contribution in [0.4, 0.5) is 11.6 Å². The van der Waals surface area contributed by atoms with Crippen molar-refractivity contribution in [1.29, 1.82) is 0 Å². The van der Waals surface area contributed by atoms with Crippen LogP contribution in [-0.2, 0) is 0 Å². The summed E-state index contributed by atoms with van der Waals surface area (Å²) in [5.74, 6) is 0.996. The highest BCUT2D eigenvalue weighted by Crippen LogP contribution is 2.43. The van der Waals surface area contributed by atoms with Gasteiger partial charge in [0, 0.05) is 23.4 Å². The lowest BCUT2D eigenvalue weighted by molar-refractivity contribution is 0.0997. The lowest BCUT2D eigenvalue weighted by atomic mass is 10.0. The standard InChI is InChI=1S/C30H42ClN5O4Si/c1-18-17-20(11-13-22(18)39-16-15-36(6)7)33-29-34-26(25(27(32)37)28(35-29)38-8)24-19(2)23(14-12-21(24)31)40-41(9,10)30(3,4)5/h11-14,17H,15-16H2,1-10H3,(H2,32,37)(H,33,34,35). The average Bonchev–Trinajstić information content (AvgIpc) is 2.85. The molecule has 0 aliphatic heterocycles. The number of aromatic nitrogens is 2. The first-order valence-electron chi connectivity index (χ1n) is 13.4. The van der Waals surface area contributed by atoms with Gasteiger partial charge in [-0.15, -0.1) is 0 Å². The fourth-order valence-corrected chi connectivity index (χ4v) is 5.26. The van der Waals surface area contributed by atoms with Gasteiger partial charge in [0.1, 0.15) is 23.7 Å². The van der Waals surface area contributed by atoms with Crippen molar-refractivity contribution in [2.75, 3.05) is 39.7 Å². The van der Waals surface area contributed by atoms with Crippen LogP contribution < -0.4 is 25.0 Å². The quantitative estimate of drug-likeness (QED) is 0.237. The summed E-state index contributed by atoms with van der Waals surface area (Å²) in [5.41, 5.74) is 9.07. The highest BCUT2D eigenvalue weighted by atomic mass is 35.5. The maximum atomic E-state index is 12.7. The number of halogens is 1. The van der Waals surface area contributed by atoms with Crippen LogP contribution in [0.15, 0.2) is 30.3 Å². The minimum Gasteiger partial charge on any atom is -0.543 e. The van der Waals surface area contributed by atoms with E-state index in [4.69, 9.17) is 36.2 Å². The van der Waals surface area contributed by atoms with Crippen LogP contribution in [0.1, 0.15) is 42.3 Å². The van der Waals surface area contributed by atoms with Gasteiger partial charge in [0.2, 0.25) is 20.1 Å². The minimum atomic E-state index is -2.18. The molecule has 0 spiro atoms. The number of amides is 1. The average molecular weight is 600 g/mol. The molecule has 9 nitrogen and oxygen atoms in total. The number of aryl methyl sites for hydroxylation is 1. The summed E-state index contributed by atoms with van der Waals surface area (Å²) >= 11 is 6.75. The number of nitrogens with one attached hydrogen (secondary N) is 1. The number of carbonyl (C=O) groups excluding carboxylic acids is 1. The van der Waals surface area contributed by atoms with E-state index >= 15 is 0 Å². The Morgan fingerprint density at radius 1 is 1.10 bits per heavy atom. The molecular weight excluding hydrogens is 558 g/mol. The number of ether oxygens (including phenoxy) is 2. The number of nitrogens with two attached hydrogens (primary N) is 1. The Hall–Kier alpha value is -3.34. The summed E-state index contributed by atoms with van der Waals surface area (Å²) in [5, 5.41) is 3.60. The Morgan fingerprint density at radius 3 is 2.32 bits per heavy atom. The molecule has 0 saturated heterocycles. The number of anilines is 2. The van der Waals surface area contributed by atoms with Crippen LogP contribution in [-0.4, -0.2) is 63.4 Å². The number of benzene rings is 2. The van der Waals surface area contributed by atoms with Crippen molar-refractivity contribution in [2.45, 2.75) is 52.8 Å².